The van der Waals surface area contributed by atoms with Crippen LogP contribution in [0.2, 0.25) is 0 Å². The van der Waals surface area contributed by atoms with Gasteiger partial charge in [-0.3, -0.25) is 4.90 Å². The normalized spacial score (nSPS) is 21.1. The van der Waals surface area contributed by atoms with E-state index in [-0.39, 0.29) is 0 Å². The van der Waals surface area contributed by atoms with Gasteiger partial charge >= 0.3 is 0 Å². The van der Waals surface area contributed by atoms with E-state index in [9.17, 15) is 0 Å². The van der Waals surface area contributed by atoms with Crippen molar-refractivity contribution >= 4 is 11.3 Å². The minimum Gasteiger partial charge on any atom is -0.361 e. The molecule has 22 heavy (non-hydrogen) atoms. The lowest BCUT2D eigenvalue weighted by atomic mass is 9.87. The van der Waals surface area contributed by atoms with Crippen LogP contribution in [0.15, 0.2) is 54.7 Å². The molecule has 0 bridgehead atoms. The van der Waals surface area contributed by atoms with Crippen LogP contribution in [0.3, 0.4) is 0 Å². The van der Waals surface area contributed by atoms with Crippen molar-refractivity contribution in [2.75, 3.05) is 18.9 Å². The molecule has 2 aliphatic heterocycles. The van der Waals surface area contributed by atoms with Crippen molar-refractivity contribution in [2.24, 2.45) is 0 Å². The summed E-state index contributed by atoms with van der Waals surface area (Å²) in [5.74, 6) is 0. The molecule has 0 spiro atoms. The summed E-state index contributed by atoms with van der Waals surface area (Å²) in [6.07, 6.45) is 6.11. The van der Waals surface area contributed by atoms with Gasteiger partial charge in [-0.2, -0.15) is 0 Å². The van der Waals surface area contributed by atoms with Gasteiger partial charge in [0.2, 0.25) is 0 Å². The van der Waals surface area contributed by atoms with Crippen molar-refractivity contribution in [2.45, 2.75) is 25.3 Å². The Kier molecular flexibility index (Phi) is 3.47. The van der Waals surface area contributed by atoms with Gasteiger partial charge in [0.05, 0.1) is 0 Å². The molecule has 1 unspecified atom stereocenters. The number of para-hydroxylation sites is 1. The highest BCUT2D eigenvalue weighted by Gasteiger charge is 2.26. The summed E-state index contributed by atoms with van der Waals surface area (Å²) in [6, 6.07) is 17.9. The number of hydrogen-bond donors (Lipinski definition) is 1. The summed E-state index contributed by atoms with van der Waals surface area (Å²) < 4.78 is 0. The van der Waals surface area contributed by atoms with Crippen LogP contribution < -0.4 is 5.32 Å². The number of hydrogen-bond acceptors (Lipinski definition) is 2. The predicted octanol–water partition coefficient (Wildman–Crippen LogP) is 4.60. The molecule has 0 aromatic heterocycles. The summed E-state index contributed by atoms with van der Waals surface area (Å²) in [5.41, 5.74) is 6.63. The van der Waals surface area contributed by atoms with Crippen LogP contribution in [0.25, 0.3) is 16.7 Å². The maximum atomic E-state index is 3.55. The minimum atomic E-state index is 0.511. The molecule has 2 heteroatoms. The summed E-state index contributed by atoms with van der Waals surface area (Å²) in [4.78, 5) is 2.50. The molecule has 1 saturated heterocycles. The molecule has 0 aliphatic carbocycles. The highest BCUT2D eigenvalue weighted by Crippen LogP contribution is 2.40. The SMILES string of the molecule is CN1CCCCC1C1=CNc2ccccc2-c2ccccc21. The Balaban J connectivity index is 1.86. The number of likely N-dealkylation sites (N-methyl/N-ethyl adjacent to an activating group) is 1. The fraction of sp³-hybridized carbons (Fsp3) is 0.300. The number of fused-ring (bicyclic) bond motifs is 3. The first-order chi connectivity index (χ1) is 10.8. The Morgan fingerprint density at radius 1 is 0.909 bits per heavy atom. The zero-order valence-corrected chi connectivity index (χ0v) is 13.0. The molecule has 4 rings (SSSR count). The number of anilines is 1. The van der Waals surface area contributed by atoms with Crippen LogP contribution >= 0.6 is 0 Å². The monoisotopic (exact) mass is 290 g/mol. The molecular formula is C20H22N2. The molecule has 0 radical (unpaired) electrons. The molecule has 112 valence electrons. The van der Waals surface area contributed by atoms with E-state index in [1.165, 1.54) is 53.8 Å². The van der Waals surface area contributed by atoms with Gasteiger partial charge in [0.1, 0.15) is 0 Å². The van der Waals surface area contributed by atoms with Crippen LogP contribution in [0.5, 0.6) is 0 Å². The molecule has 1 fully saturated rings. The number of benzene rings is 2. The molecule has 0 amide bonds. The van der Waals surface area contributed by atoms with E-state index < -0.39 is 0 Å². The fourth-order valence-electron chi connectivity index (χ4n) is 3.79. The van der Waals surface area contributed by atoms with Gasteiger partial charge in [-0.1, -0.05) is 48.9 Å². The highest BCUT2D eigenvalue weighted by atomic mass is 15.1. The van der Waals surface area contributed by atoms with Crippen LogP contribution in [-0.2, 0) is 0 Å². The van der Waals surface area contributed by atoms with Gasteiger partial charge in [-0.25, -0.2) is 0 Å². The summed E-state index contributed by atoms with van der Waals surface area (Å²) >= 11 is 0. The number of nitrogens with zero attached hydrogens (tertiary/aromatic N) is 1. The lowest BCUT2D eigenvalue weighted by Gasteiger charge is -2.34. The Morgan fingerprint density at radius 2 is 1.64 bits per heavy atom. The molecule has 0 saturated carbocycles. The minimum absolute atomic E-state index is 0.511. The molecule has 2 aliphatic rings. The smallest absolute Gasteiger partial charge is 0.0459 e. The topological polar surface area (TPSA) is 15.3 Å². The molecule has 2 heterocycles. The lowest BCUT2D eigenvalue weighted by molar-refractivity contribution is 0.229. The van der Waals surface area contributed by atoms with E-state index in [4.69, 9.17) is 0 Å². The second-order valence-corrected chi connectivity index (χ2v) is 6.33. The number of nitrogens with one attached hydrogen (secondary N) is 1. The van der Waals surface area contributed by atoms with E-state index >= 15 is 0 Å². The van der Waals surface area contributed by atoms with Crippen molar-refractivity contribution in [1.29, 1.82) is 0 Å². The van der Waals surface area contributed by atoms with Gasteiger partial charge in [0.25, 0.3) is 0 Å². The van der Waals surface area contributed by atoms with Crippen LogP contribution in [0.1, 0.15) is 24.8 Å². The number of rotatable bonds is 1. The van der Waals surface area contributed by atoms with Crippen molar-refractivity contribution in [3.8, 4) is 11.1 Å². The Bertz CT molecular complexity index is 717. The third-order valence-corrected chi connectivity index (χ3v) is 4.97. The van der Waals surface area contributed by atoms with E-state index in [0.717, 1.165) is 0 Å². The Morgan fingerprint density at radius 3 is 2.45 bits per heavy atom. The zero-order chi connectivity index (χ0) is 14.9. The maximum absolute atomic E-state index is 3.55. The number of piperidine rings is 1. The average Bonchev–Trinajstić information content (AvgIpc) is 2.73. The van der Waals surface area contributed by atoms with Crippen molar-refractivity contribution in [3.05, 3.63) is 60.3 Å². The Hall–Kier alpha value is -2.06. The van der Waals surface area contributed by atoms with Crippen molar-refractivity contribution in [3.63, 3.8) is 0 Å². The Labute approximate surface area is 132 Å². The number of likely N-dealkylation sites (tertiary alicyclic amines) is 1. The molecule has 2 nitrogen and oxygen atoms in total. The molecule has 1 atom stereocenters. The second kappa shape index (κ2) is 5.62. The van der Waals surface area contributed by atoms with E-state index in [0.29, 0.717) is 6.04 Å². The molecular weight excluding hydrogens is 268 g/mol. The summed E-state index contributed by atoms with van der Waals surface area (Å²) in [6.45, 7) is 1.19. The molecule has 1 N–H and O–H groups in total. The molecule has 2 aromatic carbocycles. The third-order valence-electron chi connectivity index (χ3n) is 4.97. The first-order valence-corrected chi connectivity index (χ1v) is 8.20. The van der Waals surface area contributed by atoms with Crippen LogP contribution in [0, 0.1) is 0 Å². The maximum Gasteiger partial charge on any atom is 0.0459 e. The van der Waals surface area contributed by atoms with Gasteiger partial charge in [-0.05, 0) is 49.2 Å². The fourth-order valence-corrected chi connectivity index (χ4v) is 3.79. The molecule has 2 aromatic rings. The van der Waals surface area contributed by atoms with Crippen LogP contribution in [0.4, 0.5) is 5.69 Å². The quantitative estimate of drug-likeness (QED) is 0.825. The van der Waals surface area contributed by atoms with E-state index in [1.807, 2.05) is 0 Å². The van der Waals surface area contributed by atoms with Gasteiger partial charge < -0.3 is 5.32 Å². The highest BCUT2D eigenvalue weighted by molar-refractivity contribution is 5.91. The third kappa shape index (κ3) is 2.24. The first-order valence-electron chi connectivity index (χ1n) is 8.20. The van der Waals surface area contributed by atoms with Gasteiger partial charge in [0, 0.05) is 23.5 Å². The summed E-state index contributed by atoms with van der Waals surface area (Å²) in [7, 11) is 2.26. The predicted molar refractivity (Wildman–Crippen MR) is 93.7 cm³/mol. The van der Waals surface area contributed by atoms with Gasteiger partial charge in [0.15, 0.2) is 0 Å². The standard InChI is InChI=1S/C20H22N2/c1-22-13-7-6-12-20(22)18-14-21-19-11-5-4-10-17(19)15-8-2-3-9-16(15)18/h2-5,8-11,14,20-21H,6-7,12-13H2,1H3. The summed E-state index contributed by atoms with van der Waals surface area (Å²) in [5, 5.41) is 3.55. The first kappa shape index (κ1) is 13.6. The largest absolute Gasteiger partial charge is 0.361 e. The van der Waals surface area contributed by atoms with Crippen molar-refractivity contribution in [1.82, 2.24) is 4.90 Å². The van der Waals surface area contributed by atoms with Crippen LogP contribution in [-0.4, -0.2) is 24.5 Å². The second-order valence-electron chi connectivity index (χ2n) is 6.33. The van der Waals surface area contributed by atoms with Gasteiger partial charge in [-0.15, -0.1) is 0 Å². The van der Waals surface area contributed by atoms with E-state index in [2.05, 4.69) is 72.0 Å². The van der Waals surface area contributed by atoms with Crippen molar-refractivity contribution < 1.29 is 0 Å². The zero-order valence-electron chi connectivity index (χ0n) is 13.0. The average molecular weight is 290 g/mol. The van der Waals surface area contributed by atoms with E-state index in [1.54, 1.807) is 0 Å². The lowest BCUT2D eigenvalue weighted by Crippen LogP contribution is -2.37.